The number of aryl methyl sites for hydroxylation is 1. The normalized spacial score (nSPS) is 16.8. The standard InChI is InChI=1S/C17H19BN3O7.2Na/c22-14(10-21-7-1-6-19-21)20-8-12(9-20)27-13-3-2-11-4-5-18(25,26)28-16(11)15(13)17(23)24;;/h1-3,6-7,12,25-26H,4-5,8-10H2,(H,23,24);;/q-1;2*+1/p-1. The Morgan fingerprint density at radius 2 is 2.03 bits per heavy atom. The summed E-state index contributed by atoms with van der Waals surface area (Å²) in [5, 5.41) is 35.1. The van der Waals surface area contributed by atoms with Crippen molar-refractivity contribution in [3.63, 3.8) is 0 Å². The molecular formula is C17H18BN3Na2O7. The van der Waals surface area contributed by atoms with Gasteiger partial charge < -0.3 is 34.2 Å². The van der Waals surface area contributed by atoms with E-state index in [2.05, 4.69) is 5.10 Å². The third-order valence-corrected chi connectivity index (χ3v) is 4.85. The first-order valence-electron chi connectivity index (χ1n) is 8.91. The zero-order chi connectivity index (χ0) is 19.9. The van der Waals surface area contributed by atoms with Crippen LogP contribution in [0.1, 0.15) is 15.9 Å². The van der Waals surface area contributed by atoms with E-state index in [-0.39, 0.29) is 107 Å². The molecule has 10 nitrogen and oxygen atoms in total. The maximum Gasteiger partial charge on any atom is 1.00 e. The van der Waals surface area contributed by atoms with Crippen LogP contribution in [0.2, 0.25) is 6.32 Å². The number of fused-ring (bicyclic) bond motifs is 1. The molecule has 4 rings (SSSR count). The number of hydrogen-bond acceptors (Lipinski definition) is 8. The van der Waals surface area contributed by atoms with Crippen LogP contribution in [0.3, 0.4) is 0 Å². The SMILES string of the molecule is O=C([O-])c1c(OC2CN(C(=O)Cn3cccn3)C2)ccc2c1O[B-](O)(O)CC2.[Na+].[Na+]. The smallest absolute Gasteiger partial charge is 0.669 e. The van der Waals surface area contributed by atoms with Crippen molar-refractivity contribution in [3.8, 4) is 11.5 Å². The van der Waals surface area contributed by atoms with Crippen molar-refractivity contribution in [3.05, 3.63) is 41.7 Å². The molecule has 0 atom stereocenters. The molecule has 2 aliphatic heterocycles. The van der Waals surface area contributed by atoms with Crippen LogP contribution in [0.5, 0.6) is 11.5 Å². The van der Waals surface area contributed by atoms with Crippen LogP contribution < -0.4 is 73.6 Å². The third kappa shape index (κ3) is 5.41. The number of likely N-dealkylation sites (tertiary alicyclic amines) is 1. The predicted molar refractivity (Wildman–Crippen MR) is 93.3 cm³/mol. The van der Waals surface area contributed by atoms with Crippen molar-refractivity contribution < 1.29 is 93.2 Å². The van der Waals surface area contributed by atoms with Crippen LogP contribution in [-0.2, 0) is 17.8 Å². The minimum Gasteiger partial charge on any atom is -0.669 e. The van der Waals surface area contributed by atoms with Gasteiger partial charge in [0.05, 0.1) is 30.4 Å². The van der Waals surface area contributed by atoms with Gasteiger partial charge in [0.1, 0.15) is 18.4 Å². The van der Waals surface area contributed by atoms with Gasteiger partial charge in [0.2, 0.25) is 5.91 Å². The van der Waals surface area contributed by atoms with E-state index >= 15 is 0 Å². The fourth-order valence-electron chi connectivity index (χ4n) is 3.35. The molecule has 0 unspecified atom stereocenters. The molecule has 2 N–H and O–H groups in total. The van der Waals surface area contributed by atoms with E-state index in [4.69, 9.17) is 9.39 Å². The summed E-state index contributed by atoms with van der Waals surface area (Å²) in [6.45, 7) is -2.39. The zero-order valence-electron chi connectivity index (χ0n) is 16.9. The van der Waals surface area contributed by atoms with Gasteiger partial charge in [-0.05, 0) is 24.1 Å². The van der Waals surface area contributed by atoms with E-state index in [1.807, 2.05) is 0 Å². The van der Waals surface area contributed by atoms with Crippen molar-refractivity contribution in [2.75, 3.05) is 13.1 Å². The molecule has 0 bridgehead atoms. The Bertz CT molecular complexity index is 920. The molecule has 1 amide bonds. The fraction of sp³-hybridized carbons (Fsp3) is 0.353. The Morgan fingerprint density at radius 3 is 2.67 bits per heavy atom. The van der Waals surface area contributed by atoms with Crippen molar-refractivity contribution in [2.45, 2.75) is 25.4 Å². The summed E-state index contributed by atoms with van der Waals surface area (Å²) < 4.78 is 12.3. The Morgan fingerprint density at radius 1 is 1.30 bits per heavy atom. The molecule has 0 aliphatic carbocycles. The average Bonchev–Trinajstić information content (AvgIpc) is 3.08. The van der Waals surface area contributed by atoms with E-state index < -0.39 is 12.7 Å². The number of aromatic carboxylic acids is 1. The molecule has 2 aromatic rings. The molecule has 1 saturated heterocycles. The van der Waals surface area contributed by atoms with Gasteiger partial charge >= 0.3 is 65.9 Å². The molecular weight excluding hydrogens is 415 g/mol. The maximum absolute atomic E-state index is 12.2. The first kappa shape index (κ1) is 25.2. The topological polar surface area (TPSA) is 137 Å². The van der Waals surface area contributed by atoms with E-state index in [1.54, 1.807) is 29.4 Å². The minimum absolute atomic E-state index is 0. The van der Waals surface area contributed by atoms with E-state index in [9.17, 15) is 24.7 Å². The number of rotatable bonds is 5. The Labute approximate surface area is 216 Å². The Kier molecular flexibility index (Phi) is 8.45. The number of carboxylic acids is 1. The second-order valence-electron chi connectivity index (χ2n) is 6.97. The quantitative estimate of drug-likeness (QED) is 0.444. The first-order chi connectivity index (χ1) is 13.3. The van der Waals surface area contributed by atoms with Gasteiger partial charge in [-0.15, -0.1) is 0 Å². The van der Waals surface area contributed by atoms with Crippen molar-refractivity contribution in [2.24, 2.45) is 0 Å². The molecule has 30 heavy (non-hydrogen) atoms. The first-order valence-corrected chi connectivity index (χ1v) is 8.91. The molecule has 1 aromatic carbocycles. The summed E-state index contributed by atoms with van der Waals surface area (Å²) in [6.07, 6.45) is 3.13. The summed E-state index contributed by atoms with van der Waals surface area (Å²) in [6, 6.07) is 4.85. The van der Waals surface area contributed by atoms with Crippen molar-refractivity contribution in [1.82, 2.24) is 14.7 Å². The van der Waals surface area contributed by atoms with Crippen LogP contribution in [0.4, 0.5) is 0 Å². The Hall–Kier alpha value is -1.05. The average molecular weight is 433 g/mol. The number of carbonyl (C=O) groups is 2. The molecule has 0 saturated carbocycles. The van der Waals surface area contributed by atoms with Crippen LogP contribution in [0, 0.1) is 0 Å². The van der Waals surface area contributed by atoms with Crippen molar-refractivity contribution in [1.29, 1.82) is 0 Å². The second kappa shape index (κ2) is 10.1. The maximum atomic E-state index is 12.2. The van der Waals surface area contributed by atoms with Gasteiger partial charge in [-0.3, -0.25) is 9.48 Å². The summed E-state index contributed by atoms with van der Waals surface area (Å²) in [4.78, 5) is 25.4. The Balaban J connectivity index is 0.00000160. The fourth-order valence-corrected chi connectivity index (χ4v) is 3.35. The monoisotopic (exact) mass is 433 g/mol. The molecule has 0 spiro atoms. The second-order valence-corrected chi connectivity index (χ2v) is 6.97. The number of amides is 1. The van der Waals surface area contributed by atoms with Crippen LogP contribution in [0.15, 0.2) is 30.6 Å². The molecule has 148 valence electrons. The van der Waals surface area contributed by atoms with Gasteiger partial charge in [-0.1, -0.05) is 12.4 Å². The molecule has 3 heterocycles. The van der Waals surface area contributed by atoms with Crippen LogP contribution in [-0.4, -0.2) is 62.6 Å². The summed E-state index contributed by atoms with van der Waals surface area (Å²) in [5.41, 5.74) is 0.185. The predicted octanol–water partition coefficient (Wildman–Crippen LogP) is -7.60. The molecule has 0 radical (unpaired) electrons. The third-order valence-electron chi connectivity index (χ3n) is 4.85. The van der Waals surface area contributed by atoms with E-state index in [0.717, 1.165) is 0 Å². The number of ether oxygens (including phenoxy) is 1. The van der Waals surface area contributed by atoms with E-state index in [1.165, 1.54) is 10.7 Å². The van der Waals surface area contributed by atoms with Gasteiger partial charge in [-0.2, -0.15) is 5.10 Å². The van der Waals surface area contributed by atoms with Gasteiger partial charge in [0, 0.05) is 12.4 Å². The number of carbonyl (C=O) groups excluding carboxylic acids is 2. The number of nitrogens with zero attached hydrogens (tertiary/aromatic N) is 3. The summed E-state index contributed by atoms with van der Waals surface area (Å²) in [7, 11) is 0. The summed E-state index contributed by atoms with van der Waals surface area (Å²) in [5.74, 6) is -1.78. The number of hydrogen-bond donors (Lipinski definition) is 2. The number of carboxylic acid groups (broad SMARTS) is 1. The van der Waals surface area contributed by atoms with Crippen LogP contribution in [0.25, 0.3) is 0 Å². The molecule has 1 fully saturated rings. The number of benzene rings is 1. The van der Waals surface area contributed by atoms with Crippen LogP contribution >= 0.6 is 0 Å². The molecule has 1 aromatic heterocycles. The molecule has 2 aliphatic rings. The largest absolute Gasteiger partial charge is 1.00 e. The van der Waals surface area contributed by atoms with Gasteiger partial charge in [0.25, 0.3) is 0 Å². The zero-order valence-corrected chi connectivity index (χ0v) is 20.9. The van der Waals surface area contributed by atoms with E-state index in [0.29, 0.717) is 18.7 Å². The minimum atomic E-state index is -3.12. The van der Waals surface area contributed by atoms with Gasteiger partial charge in [0.15, 0.2) is 0 Å². The summed E-state index contributed by atoms with van der Waals surface area (Å²) >= 11 is 0. The number of aromatic nitrogens is 2. The molecule has 13 heteroatoms. The van der Waals surface area contributed by atoms with Gasteiger partial charge in [-0.25, -0.2) is 0 Å². The van der Waals surface area contributed by atoms with Crippen molar-refractivity contribution >= 4 is 18.6 Å².